The van der Waals surface area contributed by atoms with Crippen LogP contribution in [0.3, 0.4) is 0 Å². The molecule has 0 saturated heterocycles. The van der Waals surface area contributed by atoms with Crippen LogP contribution < -0.4 is 0 Å². The molecule has 0 aliphatic heterocycles. The van der Waals surface area contributed by atoms with Gasteiger partial charge in [0.1, 0.15) is 0 Å². The maximum atomic E-state index is 9.76. The molecule has 0 fully saturated rings. The molecule has 43 valence electrons. The molecule has 0 heterocycles. The first-order valence-corrected chi connectivity index (χ1v) is 3.40. The summed E-state index contributed by atoms with van der Waals surface area (Å²) >= 11 is 0. The van der Waals surface area contributed by atoms with Gasteiger partial charge in [-0.2, -0.15) is 8.42 Å². The van der Waals surface area contributed by atoms with Gasteiger partial charge in [-0.15, -0.1) is 0 Å². The predicted octanol–water partition coefficient (Wildman–Crippen LogP) is 0.0984. The molecule has 1 N–H and O–H groups in total. The molecule has 0 aliphatic rings. The van der Waals surface area contributed by atoms with Crippen LogP contribution in [0.2, 0.25) is 0 Å². The Morgan fingerprint density at radius 2 is 2.14 bits per heavy atom. The fourth-order valence-corrected chi connectivity index (χ4v) is 0.632. The fraction of sp³-hybridized carbons (Fsp3) is 0.667. The molecule has 0 aromatic heterocycles. The number of hydrogen-bond donors (Lipinski definition) is 1. The SMILES string of the molecule is C[CH]CS(=O)(=O)O. The Kier molecular flexibility index (Phi) is 2.25. The van der Waals surface area contributed by atoms with Gasteiger partial charge in [0.2, 0.25) is 0 Å². The van der Waals surface area contributed by atoms with Crippen molar-refractivity contribution in [3.63, 3.8) is 0 Å². The van der Waals surface area contributed by atoms with E-state index in [-0.39, 0.29) is 5.75 Å². The zero-order valence-corrected chi connectivity index (χ0v) is 4.77. The van der Waals surface area contributed by atoms with Crippen LogP contribution in [0.25, 0.3) is 0 Å². The highest BCUT2D eigenvalue weighted by atomic mass is 32.2. The summed E-state index contributed by atoms with van der Waals surface area (Å²) in [5, 5.41) is 0. The third kappa shape index (κ3) is 5.91. The van der Waals surface area contributed by atoms with E-state index in [0.717, 1.165) is 0 Å². The predicted molar refractivity (Wildman–Crippen MR) is 26.4 cm³/mol. The van der Waals surface area contributed by atoms with Gasteiger partial charge in [-0.05, 0) is 6.42 Å². The zero-order valence-electron chi connectivity index (χ0n) is 3.96. The van der Waals surface area contributed by atoms with Crippen molar-refractivity contribution in [3.05, 3.63) is 6.42 Å². The number of rotatable bonds is 2. The van der Waals surface area contributed by atoms with Crippen LogP contribution in [-0.2, 0) is 10.1 Å². The molecule has 0 aromatic rings. The van der Waals surface area contributed by atoms with Crippen LogP contribution in [0.5, 0.6) is 0 Å². The molecule has 7 heavy (non-hydrogen) atoms. The summed E-state index contributed by atoms with van der Waals surface area (Å²) in [7, 11) is -3.73. The van der Waals surface area contributed by atoms with Crippen molar-refractivity contribution >= 4 is 10.1 Å². The lowest BCUT2D eigenvalue weighted by atomic mass is 10.6. The Balaban J connectivity index is 3.60. The second kappa shape index (κ2) is 2.28. The smallest absolute Gasteiger partial charge is 0.265 e. The Labute approximate surface area is 43.1 Å². The van der Waals surface area contributed by atoms with Crippen LogP contribution in [-0.4, -0.2) is 18.7 Å². The lowest BCUT2D eigenvalue weighted by Gasteiger charge is -1.85. The molecule has 0 amide bonds. The third-order valence-electron chi connectivity index (χ3n) is 0.377. The maximum absolute atomic E-state index is 9.76. The normalized spacial score (nSPS) is 11.7. The summed E-state index contributed by atoms with van der Waals surface area (Å²) in [6, 6.07) is 0. The summed E-state index contributed by atoms with van der Waals surface area (Å²) in [6.45, 7) is 1.56. The van der Waals surface area contributed by atoms with E-state index in [1.165, 1.54) is 6.42 Å². The largest absolute Gasteiger partial charge is 0.286 e. The molecule has 0 aliphatic carbocycles. The summed E-state index contributed by atoms with van der Waals surface area (Å²) in [5.74, 6) is -0.257. The van der Waals surface area contributed by atoms with E-state index in [0.29, 0.717) is 0 Å². The van der Waals surface area contributed by atoms with Crippen LogP contribution in [0.1, 0.15) is 6.92 Å². The molecule has 0 bridgehead atoms. The zero-order chi connectivity index (χ0) is 5.91. The van der Waals surface area contributed by atoms with Crippen molar-refractivity contribution in [1.29, 1.82) is 0 Å². The van der Waals surface area contributed by atoms with E-state index in [4.69, 9.17) is 4.55 Å². The molecule has 0 aromatic carbocycles. The average molecular weight is 123 g/mol. The highest BCUT2D eigenvalue weighted by Crippen LogP contribution is 1.82. The Morgan fingerprint density at radius 1 is 1.71 bits per heavy atom. The number of hydrogen-bond acceptors (Lipinski definition) is 2. The lowest BCUT2D eigenvalue weighted by molar-refractivity contribution is 0.485. The minimum atomic E-state index is -3.73. The molecule has 4 heteroatoms. The highest BCUT2D eigenvalue weighted by Gasteiger charge is 1.98. The molecule has 0 rings (SSSR count). The van der Waals surface area contributed by atoms with E-state index >= 15 is 0 Å². The molecule has 0 unspecified atom stereocenters. The van der Waals surface area contributed by atoms with E-state index < -0.39 is 10.1 Å². The van der Waals surface area contributed by atoms with E-state index in [9.17, 15) is 8.42 Å². The van der Waals surface area contributed by atoms with Gasteiger partial charge in [-0.3, -0.25) is 4.55 Å². The third-order valence-corrected chi connectivity index (χ3v) is 1.13. The molecule has 0 atom stereocenters. The molecular formula is C3H7O3S. The van der Waals surface area contributed by atoms with Crippen molar-refractivity contribution in [3.8, 4) is 0 Å². The van der Waals surface area contributed by atoms with Gasteiger partial charge in [0.25, 0.3) is 10.1 Å². The van der Waals surface area contributed by atoms with Crippen LogP contribution in [0.15, 0.2) is 0 Å². The first-order chi connectivity index (χ1) is 3.06. The average Bonchev–Trinajstić information content (AvgIpc) is 1.30. The van der Waals surface area contributed by atoms with Gasteiger partial charge in [0.15, 0.2) is 0 Å². The van der Waals surface area contributed by atoms with Gasteiger partial charge >= 0.3 is 0 Å². The second-order valence-electron chi connectivity index (χ2n) is 1.16. The molecular weight excluding hydrogens is 116 g/mol. The van der Waals surface area contributed by atoms with Crippen molar-refractivity contribution in [2.45, 2.75) is 6.92 Å². The van der Waals surface area contributed by atoms with E-state index in [1.54, 1.807) is 6.92 Å². The monoisotopic (exact) mass is 123 g/mol. The van der Waals surface area contributed by atoms with Gasteiger partial charge in [0, 0.05) is 0 Å². The van der Waals surface area contributed by atoms with Crippen molar-refractivity contribution < 1.29 is 13.0 Å². The van der Waals surface area contributed by atoms with Gasteiger partial charge in [-0.25, -0.2) is 0 Å². The molecule has 1 radical (unpaired) electrons. The highest BCUT2D eigenvalue weighted by molar-refractivity contribution is 7.85. The van der Waals surface area contributed by atoms with Crippen LogP contribution in [0, 0.1) is 6.42 Å². The Hall–Kier alpha value is -0.0900. The van der Waals surface area contributed by atoms with Crippen LogP contribution >= 0.6 is 0 Å². The summed E-state index contributed by atoms with van der Waals surface area (Å²) in [4.78, 5) is 0. The van der Waals surface area contributed by atoms with Crippen molar-refractivity contribution in [2.75, 3.05) is 5.75 Å². The second-order valence-corrected chi connectivity index (χ2v) is 2.65. The molecule has 0 saturated carbocycles. The minimum Gasteiger partial charge on any atom is -0.286 e. The lowest BCUT2D eigenvalue weighted by Crippen LogP contribution is -2.01. The Morgan fingerprint density at radius 3 is 2.14 bits per heavy atom. The summed E-state index contributed by atoms with van der Waals surface area (Å²) in [6.07, 6.45) is 1.37. The fourth-order valence-electron chi connectivity index (χ4n) is 0.211. The summed E-state index contributed by atoms with van der Waals surface area (Å²) < 4.78 is 27.5. The van der Waals surface area contributed by atoms with Gasteiger partial charge in [-0.1, -0.05) is 6.92 Å². The first-order valence-electron chi connectivity index (χ1n) is 1.79. The van der Waals surface area contributed by atoms with E-state index in [1.807, 2.05) is 0 Å². The maximum Gasteiger partial charge on any atom is 0.265 e. The topological polar surface area (TPSA) is 54.4 Å². The summed E-state index contributed by atoms with van der Waals surface area (Å²) in [5.41, 5.74) is 0. The van der Waals surface area contributed by atoms with E-state index in [2.05, 4.69) is 0 Å². The quantitative estimate of drug-likeness (QED) is 0.530. The van der Waals surface area contributed by atoms with Crippen LogP contribution in [0.4, 0.5) is 0 Å². The van der Waals surface area contributed by atoms with Crippen molar-refractivity contribution in [1.82, 2.24) is 0 Å². The molecule has 3 nitrogen and oxygen atoms in total. The van der Waals surface area contributed by atoms with Crippen molar-refractivity contribution in [2.24, 2.45) is 0 Å². The minimum absolute atomic E-state index is 0.257. The molecule has 0 spiro atoms. The Bertz CT molecular complexity index is 123. The first kappa shape index (κ1) is 6.91. The standard InChI is InChI=1S/C3H7O3S/c1-2-3-7(4,5)6/h2H,3H2,1H3,(H,4,5,6). The van der Waals surface area contributed by atoms with Gasteiger partial charge < -0.3 is 0 Å². The van der Waals surface area contributed by atoms with Gasteiger partial charge in [0.05, 0.1) is 5.75 Å².